The van der Waals surface area contributed by atoms with Gasteiger partial charge in [-0.1, -0.05) is 0 Å². The summed E-state index contributed by atoms with van der Waals surface area (Å²) in [5.74, 6) is -0.443. The molecule has 1 rings (SSSR count). The fraction of sp³-hybridized carbons (Fsp3) is 0.857. The first-order valence-electron chi connectivity index (χ1n) is 3.84. The zero-order chi connectivity index (χ0) is 10.1. The highest BCUT2D eigenvalue weighted by Gasteiger charge is 2.49. The molecule has 0 aromatic carbocycles. The molecule has 0 aromatic rings. The second-order valence-corrected chi connectivity index (χ2v) is 4.80. The Kier molecular flexibility index (Phi) is 2.63. The Hall–Kier alpha value is -0.620. The summed E-state index contributed by atoms with van der Waals surface area (Å²) >= 11 is 0. The normalized spacial score (nSPS) is 19.5. The standard InChI is InChI=1S/C7H12O5S/c1-11-6(8)5-7(3-4-7)12-13(2,9)10/h3-5H2,1-2H3. The van der Waals surface area contributed by atoms with Crippen LogP contribution in [0, 0.1) is 0 Å². The van der Waals surface area contributed by atoms with Gasteiger partial charge in [0.15, 0.2) is 0 Å². The van der Waals surface area contributed by atoms with Gasteiger partial charge in [-0.2, -0.15) is 8.42 Å². The first-order valence-corrected chi connectivity index (χ1v) is 5.66. The molecule has 0 amide bonds. The highest BCUT2D eigenvalue weighted by molar-refractivity contribution is 7.86. The molecule has 0 heterocycles. The van der Waals surface area contributed by atoms with E-state index < -0.39 is 21.7 Å². The Labute approximate surface area is 77.1 Å². The van der Waals surface area contributed by atoms with Crippen molar-refractivity contribution < 1.29 is 22.1 Å². The molecule has 0 radical (unpaired) electrons. The lowest BCUT2D eigenvalue weighted by molar-refractivity contribution is -0.142. The Morgan fingerprint density at radius 2 is 2.00 bits per heavy atom. The minimum Gasteiger partial charge on any atom is -0.469 e. The smallest absolute Gasteiger partial charge is 0.308 e. The predicted octanol–water partition coefficient (Wildman–Crippen LogP) is 0.0583. The van der Waals surface area contributed by atoms with Gasteiger partial charge >= 0.3 is 5.97 Å². The number of hydrogen-bond donors (Lipinski definition) is 0. The molecule has 1 saturated carbocycles. The molecule has 1 aliphatic carbocycles. The molecule has 5 nitrogen and oxygen atoms in total. The van der Waals surface area contributed by atoms with Crippen molar-refractivity contribution in [2.75, 3.05) is 13.4 Å². The van der Waals surface area contributed by atoms with E-state index in [0.29, 0.717) is 12.8 Å². The second-order valence-electron chi connectivity index (χ2n) is 3.22. The maximum absolute atomic E-state index is 10.9. The summed E-state index contributed by atoms with van der Waals surface area (Å²) < 4.78 is 30.8. The summed E-state index contributed by atoms with van der Waals surface area (Å²) in [4.78, 5) is 10.9. The largest absolute Gasteiger partial charge is 0.469 e. The van der Waals surface area contributed by atoms with Crippen LogP contribution in [0.5, 0.6) is 0 Å². The van der Waals surface area contributed by atoms with Crippen molar-refractivity contribution in [3.63, 3.8) is 0 Å². The van der Waals surface area contributed by atoms with Gasteiger partial charge in [-0.15, -0.1) is 0 Å². The van der Waals surface area contributed by atoms with Crippen LogP contribution in [0.25, 0.3) is 0 Å². The van der Waals surface area contributed by atoms with Crippen molar-refractivity contribution in [3.05, 3.63) is 0 Å². The zero-order valence-corrected chi connectivity index (χ0v) is 8.39. The number of ether oxygens (including phenoxy) is 1. The van der Waals surface area contributed by atoms with Gasteiger partial charge in [0.25, 0.3) is 10.1 Å². The average Bonchev–Trinajstić information content (AvgIpc) is 2.65. The van der Waals surface area contributed by atoms with Gasteiger partial charge < -0.3 is 4.74 Å². The summed E-state index contributed by atoms with van der Waals surface area (Å²) in [5.41, 5.74) is -0.805. The maximum atomic E-state index is 10.9. The van der Waals surface area contributed by atoms with Crippen molar-refractivity contribution in [3.8, 4) is 0 Å². The van der Waals surface area contributed by atoms with Gasteiger partial charge in [0.2, 0.25) is 0 Å². The molecule has 0 aromatic heterocycles. The van der Waals surface area contributed by atoms with Crippen LogP contribution in [0.2, 0.25) is 0 Å². The Morgan fingerprint density at radius 1 is 1.46 bits per heavy atom. The fourth-order valence-electron chi connectivity index (χ4n) is 1.09. The summed E-state index contributed by atoms with van der Waals surface area (Å²) in [7, 11) is -2.22. The van der Waals surface area contributed by atoms with Crippen LogP contribution in [0.4, 0.5) is 0 Å². The van der Waals surface area contributed by atoms with Crippen LogP contribution in [-0.4, -0.2) is 33.4 Å². The van der Waals surface area contributed by atoms with Gasteiger partial charge in [0.1, 0.15) is 0 Å². The SMILES string of the molecule is COC(=O)CC1(OS(C)(=O)=O)CC1. The van der Waals surface area contributed by atoms with E-state index in [2.05, 4.69) is 4.74 Å². The summed E-state index contributed by atoms with van der Waals surface area (Å²) in [5, 5.41) is 0. The molecule has 6 heteroatoms. The second kappa shape index (κ2) is 3.26. The Bertz CT molecular complexity index is 301. The van der Waals surface area contributed by atoms with Crippen LogP contribution in [0.1, 0.15) is 19.3 Å². The van der Waals surface area contributed by atoms with Crippen LogP contribution in [0.15, 0.2) is 0 Å². The topological polar surface area (TPSA) is 69.7 Å². The fourth-order valence-corrected chi connectivity index (χ4v) is 1.95. The zero-order valence-electron chi connectivity index (χ0n) is 7.57. The van der Waals surface area contributed by atoms with Crippen LogP contribution < -0.4 is 0 Å². The minimum absolute atomic E-state index is 0.0105. The van der Waals surface area contributed by atoms with E-state index in [0.717, 1.165) is 6.26 Å². The number of hydrogen-bond acceptors (Lipinski definition) is 5. The molecule has 0 N–H and O–H groups in total. The van der Waals surface area contributed by atoms with Gasteiger partial charge in [-0.25, -0.2) is 0 Å². The average molecular weight is 208 g/mol. The van der Waals surface area contributed by atoms with Crippen LogP contribution in [0.3, 0.4) is 0 Å². The summed E-state index contributed by atoms with van der Waals surface area (Å²) in [6.07, 6.45) is 2.17. The maximum Gasteiger partial charge on any atom is 0.308 e. The van der Waals surface area contributed by atoms with Crippen molar-refractivity contribution in [2.24, 2.45) is 0 Å². The molecular weight excluding hydrogens is 196 g/mol. The number of rotatable bonds is 4. The predicted molar refractivity (Wildman–Crippen MR) is 44.5 cm³/mol. The molecule has 13 heavy (non-hydrogen) atoms. The molecule has 0 atom stereocenters. The van der Waals surface area contributed by atoms with E-state index >= 15 is 0 Å². The highest BCUT2D eigenvalue weighted by Crippen LogP contribution is 2.43. The monoisotopic (exact) mass is 208 g/mol. The van der Waals surface area contributed by atoms with E-state index in [1.807, 2.05) is 0 Å². The van der Waals surface area contributed by atoms with E-state index in [4.69, 9.17) is 4.18 Å². The molecule has 1 fully saturated rings. The quantitative estimate of drug-likeness (QED) is 0.482. The minimum atomic E-state index is -3.48. The summed E-state index contributed by atoms with van der Waals surface area (Å²) in [6.45, 7) is 0. The number of carbonyl (C=O) groups is 1. The van der Waals surface area contributed by atoms with Crippen LogP contribution in [-0.2, 0) is 23.8 Å². The molecule has 0 saturated heterocycles. The van der Waals surface area contributed by atoms with Crippen molar-refractivity contribution in [2.45, 2.75) is 24.9 Å². The molecule has 0 unspecified atom stereocenters. The first kappa shape index (κ1) is 10.5. The van der Waals surface area contributed by atoms with E-state index in [-0.39, 0.29) is 6.42 Å². The third-order valence-electron chi connectivity index (χ3n) is 1.83. The van der Waals surface area contributed by atoms with Gasteiger partial charge in [-0.3, -0.25) is 8.98 Å². The molecular formula is C7H12O5S. The van der Waals surface area contributed by atoms with E-state index in [1.54, 1.807) is 0 Å². The van der Waals surface area contributed by atoms with Gasteiger partial charge in [-0.05, 0) is 12.8 Å². The molecule has 76 valence electrons. The number of esters is 1. The first-order chi connectivity index (χ1) is 5.87. The molecule has 0 aliphatic heterocycles. The van der Waals surface area contributed by atoms with Crippen molar-refractivity contribution >= 4 is 16.1 Å². The van der Waals surface area contributed by atoms with E-state index in [1.165, 1.54) is 7.11 Å². The third kappa shape index (κ3) is 3.31. The lowest BCUT2D eigenvalue weighted by Crippen LogP contribution is -2.23. The van der Waals surface area contributed by atoms with Crippen LogP contribution >= 0.6 is 0 Å². The van der Waals surface area contributed by atoms with Gasteiger partial charge in [0, 0.05) is 0 Å². The van der Waals surface area contributed by atoms with Crippen molar-refractivity contribution in [1.29, 1.82) is 0 Å². The highest BCUT2D eigenvalue weighted by atomic mass is 32.2. The summed E-state index contributed by atoms with van der Waals surface area (Å²) in [6, 6.07) is 0. The Morgan fingerprint density at radius 3 is 2.31 bits per heavy atom. The lowest BCUT2D eigenvalue weighted by Gasteiger charge is -2.12. The Balaban J connectivity index is 2.53. The third-order valence-corrected chi connectivity index (χ3v) is 2.49. The van der Waals surface area contributed by atoms with Gasteiger partial charge in [0.05, 0.1) is 25.4 Å². The lowest BCUT2D eigenvalue weighted by atomic mass is 10.2. The van der Waals surface area contributed by atoms with Crippen molar-refractivity contribution in [1.82, 2.24) is 0 Å². The van der Waals surface area contributed by atoms with E-state index in [9.17, 15) is 13.2 Å². The number of methoxy groups -OCH3 is 1. The number of carbonyl (C=O) groups excluding carboxylic acids is 1. The molecule has 0 bridgehead atoms. The molecule has 1 aliphatic rings. The molecule has 0 spiro atoms.